The third kappa shape index (κ3) is 2.90. The number of hydrogen-bond donors (Lipinski definition) is 2. The van der Waals surface area contributed by atoms with Crippen molar-refractivity contribution in [2.45, 2.75) is 31.8 Å². The predicted molar refractivity (Wildman–Crippen MR) is 68.1 cm³/mol. The maximum Gasteiger partial charge on any atom is 0.317 e. The molecule has 0 spiro atoms. The maximum atomic E-state index is 12.1. The van der Waals surface area contributed by atoms with E-state index in [4.69, 9.17) is 0 Å². The molecule has 5 heteroatoms. The van der Waals surface area contributed by atoms with Crippen LogP contribution in [0.2, 0.25) is 0 Å². The van der Waals surface area contributed by atoms with Crippen LogP contribution in [0.5, 0.6) is 0 Å². The van der Waals surface area contributed by atoms with Crippen LogP contribution in [0.4, 0.5) is 4.79 Å². The molecule has 0 unspecified atom stereocenters. The third-order valence-electron chi connectivity index (χ3n) is 3.80. The second kappa shape index (κ2) is 5.69. The average Bonchev–Trinajstić information content (AvgIpc) is 2.25. The van der Waals surface area contributed by atoms with Crippen molar-refractivity contribution in [3.63, 3.8) is 0 Å². The summed E-state index contributed by atoms with van der Waals surface area (Å²) in [5.74, 6) is 0. The number of carbonyl (C=O) groups is 1. The Morgan fingerprint density at radius 2 is 2.00 bits per heavy atom. The standard InChI is InChI=1S/C12H24N4O/c1-3-14-12(17)16(11-8-13-9-11)10-4-6-15(2)7-5-10/h10-11,13H,3-9H2,1-2H3,(H,14,17). The Hall–Kier alpha value is -0.810. The van der Waals surface area contributed by atoms with Gasteiger partial charge in [0.25, 0.3) is 0 Å². The van der Waals surface area contributed by atoms with Gasteiger partial charge in [0.2, 0.25) is 0 Å². The number of carbonyl (C=O) groups excluding carboxylic acids is 1. The molecule has 0 aliphatic carbocycles. The maximum absolute atomic E-state index is 12.1. The van der Waals surface area contributed by atoms with Crippen LogP contribution in [0.3, 0.4) is 0 Å². The Bertz CT molecular complexity index is 259. The van der Waals surface area contributed by atoms with E-state index < -0.39 is 0 Å². The molecule has 0 aromatic heterocycles. The van der Waals surface area contributed by atoms with Gasteiger partial charge in [0.15, 0.2) is 0 Å². The van der Waals surface area contributed by atoms with Crippen molar-refractivity contribution in [1.29, 1.82) is 0 Å². The highest BCUT2D eigenvalue weighted by atomic mass is 16.2. The van der Waals surface area contributed by atoms with Gasteiger partial charge in [-0.05, 0) is 39.9 Å². The molecule has 2 N–H and O–H groups in total. The molecular formula is C12H24N4O. The van der Waals surface area contributed by atoms with Gasteiger partial charge in [0.05, 0.1) is 6.04 Å². The molecule has 98 valence electrons. The Balaban J connectivity index is 1.96. The second-order valence-corrected chi connectivity index (χ2v) is 5.09. The fourth-order valence-electron chi connectivity index (χ4n) is 2.62. The zero-order chi connectivity index (χ0) is 12.3. The molecule has 2 saturated heterocycles. The monoisotopic (exact) mass is 240 g/mol. The molecule has 0 bridgehead atoms. The summed E-state index contributed by atoms with van der Waals surface area (Å²) in [6.07, 6.45) is 2.20. The SMILES string of the molecule is CCNC(=O)N(C1CCN(C)CC1)C1CNC1. The molecule has 2 aliphatic rings. The summed E-state index contributed by atoms with van der Waals surface area (Å²) in [5, 5.41) is 6.20. The number of urea groups is 1. The average molecular weight is 240 g/mol. The van der Waals surface area contributed by atoms with E-state index in [2.05, 4.69) is 27.5 Å². The van der Waals surface area contributed by atoms with Gasteiger partial charge in [0, 0.05) is 25.7 Å². The summed E-state index contributed by atoms with van der Waals surface area (Å²) in [6.45, 7) is 6.78. The van der Waals surface area contributed by atoms with Crippen LogP contribution in [-0.4, -0.2) is 67.7 Å². The van der Waals surface area contributed by atoms with Crippen LogP contribution in [0, 0.1) is 0 Å². The highest BCUT2D eigenvalue weighted by molar-refractivity contribution is 5.75. The number of likely N-dealkylation sites (tertiary alicyclic amines) is 1. The largest absolute Gasteiger partial charge is 0.338 e. The van der Waals surface area contributed by atoms with E-state index in [1.807, 2.05) is 6.92 Å². The number of rotatable bonds is 3. The van der Waals surface area contributed by atoms with E-state index in [-0.39, 0.29) is 6.03 Å². The van der Waals surface area contributed by atoms with E-state index in [1.165, 1.54) is 0 Å². The summed E-state index contributed by atoms with van der Waals surface area (Å²) >= 11 is 0. The zero-order valence-electron chi connectivity index (χ0n) is 10.9. The fraction of sp³-hybridized carbons (Fsp3) is 0.917. The molecule has 2 rings (SSSR count). The lowest BCUT2D eigenvalue weighted by Gasteiger charge is -2.45. The van der Waals surface area contributed by atoms with Crippen LogP contribution in [-0.2, 0) is 0 Å². The van der Waals surface area contributed by atoms with E-state index in [9.17, 15) is 4.79 Å². The molecule has 2 amide bonds. The molecule has 0 aromatic rings. The topological polar surface area (TPSA) is 47.6 Å². The Kier molecular flexibility index (Phi) is 4.23. The van der Waals surface area contributed by atoms with Crippen LogP contribution in [0.25, 0.3) is 0 Å². The van der Waals surface area contributed by atoms with E-state index in [0.717, 1.165) is 39.0 Å². The first kappa shape index (κ1) is 12.6. The minimum Gasteiger partial charge on any atom is -0.338 e. The van der Waals surface area contributed by atoms with E-state index in [1.54, 1.807) is 0 Å². The highest BCUT2D eigenvalue weighted by Crippen LogP contribution is 2.20. The fourth-order valence-corrected chi connectivity index (χ4v) is 2.62. The van der Waals surface area contributed by atoms with Crippen molar-refractivity contribution in [2.24, 2.45) is 0 Å². The molecule has 2 fully saturated rings. The van der Waals surface area contributed by atoms with Gasteiger partial charge in [-0.1, -0.05) is 0 Å². The van der Waals surface area contributed by atoms with Crippen LogP contribution < -0.4 is 10.6 Å². The molecule has 0 radical (unpaired) electrons. The van der Waals surface area contributed by atoms with Crippen LogP contribution >= 0.6 is 0 Å². The molecule has 2 heterocycles. The van der Waals surface area contributed by atoms with Gasteiger partial charge in [-0.2, -0.15) is 0 Å². The minimum absolute atomic E-state index is 0.119. The zero-order valence-corrected chi connectivity index (χ0v) is 10.9. The molecule has 2 aliphatic heterocycles. The van der Waals surface area contributed by atoms with Crippen molar-refractivity contribution >= 4 is 6.03 Å². The number of nitrogens with zero attached hydrogens (tertiary/aromatic N) is 2. The highest BCUT2D eigenvalue weighted by Gasteiger charge is 2.35. The van der Waals surface area contributed by atoms with Gasteiger partial charge in [0.1, 0.15) is 0 Å². The van der Waals surface area contributed by atoms with Gasteiger partial charge in [-0.3, -0.25) is 0 Å². The lowest BCUT2D eigenvalue weighted by Crippen LogP contribution is -2.64. The molecule has 0 atom stereocenters. The number of nitrogens with one attached hydrogen (secondary N) is 2. The first-order chi connectivity index (χ1) is 8.22. The van der Waals surface area contributed by atoms with Crippen molar-refractivity contribution < 1.29 is 4.79 Å². The van der Waals surface area contributed by atoms with Crippen LogP contribution in [0.1, 0.15) is 19.8 Å². The summed E-state index contributed by atoms with van der Waals surface area (Å²) in [4.78, 5) is 16.6. The first-order valence-corrected chi connectivity index (χ1v) is 6.67. The van der Waals surface area contributed by atoms with E-state index >= 15 is 0 Å². The van der Waals surface area contributed by atoms with Crippen molar-refractivity contribution in [3.05, 3.63) is 0 Å². The normalized spacial score (nSPS) is 23.2. The summed E-state index contributed by atoms with van der Waals surface area (Å²) in [7, 11) is 2.15. The number of hydrogen-bond acceptors (Lipinski definition) is 3. The predicted octanol–water partition coefficient (Wildman–Crippen LogP) is 0.0839. The lowest BCUT2D eigenvalue weighted by molar-refractivity contribution is 0.0828. The smallest absolute Gasteiger partial charge is 0.317 e. The lowest BCUT2D eigenvalue weighted by atomic mass is 10.00. The van der Waals surface area contributed by atoms with Crippen LogP contribution in [0.15, 0.2) is 0 Å². The Morgan fingerprint density at radius 1 is 1.35 bits per heavy atom. The molecule has 5 nitrogen and oxygen atoms in total. The molecular weight excluding hydrogens is 216 g/mol. The Labute approximate surface area is 104 Å². The molecule has 17 heavy (non-hydrogen) atoms. The first-order valence-electron chi connectivity index (χ1n) is 6.67. The molecule has 0 aromatic carbocycles. The summed E-state index contributed by atoms with van der Waals surface area (Å²) in [5.41, 5.74) is 0. The van der Waals surface area contributed by atoms with Crippen molar-refractivity contribution in [3.8, 4) is 0 Å². The van der Waals surface area contributed by atoms with Gasteiger partial charge >= 0.3 is 6.03 Å². The second-order valence-electron chi connectivity index (χ2n) is 5.09. The van der Waals surface area contributed by atoms with Gasteiger partial charge < -0.3 is 20.4 Å². The van der Waals surface area contributed by atoms with Gasteiger partial charge in [-0.25, -0.2) is 4.79 Å². The van der Waals surface area contributed by atoms with Gasteiger partial charge in [-0.15, -0.1) is 0 Å². The third-order valence-corrected chi connectivity index (χ3v) is 3.80. The quantitative estimate of drug-likeness (QED) is 0.735. The van der Waals surface area contributed by atoms with E-state index in [0.29, 0.717) is 18.6 Å². The number of amides is 2. The summed E-state index contributed by atoms with van der Waals surface area (Å²) < 4.78 is 0. The minimum atomic E-state index is 0.119. The number of piperidine rings is 1. The Morgan fingerprint density at radius 3 is 2.47 bits per heavy atom. The molecule has 0 saturated carbocycles. The van der Waals surface area contributed by atoms with Crippen molar-refractivity contribution in [1.82, 2.24) is 20.4 Å². The van der Waals surface area contributed by atoms with Crippen molar-refractivity contribution in [2.75, 3.05) is 39.8 Å². The summed E-state index contributed by atoms with van der Waals surface area (Å²) in [6, 6.07) is 0.938.